The molecule has 2 unspecified atom stereocenters. The summed E-state index contributed by atoms with van der Waals surface area (Å²) in [6.45, 7) is 6.37. The number of anilines is 1. The van der Waals surface area contributed by atoms with Crippen LogP contribution in [0, 0.1) is 0 Å². The Bertz CT molecular complexity index is 1480. The number of aliphatic carboxylic acids is 1. The minimum Gasteiger partial charge on any atom is -0.550 e. The van der Waals surface area contributed by atoms with E-state index >= 15 is 0 Å². The molecule has 2 atom stereocenters. The maximum Gasteiger partial charge on any atom is 0.212 e. The molecular formula is C30H28N2O3. The molecule has 0 saturated heterocycles. The number of carboxylic acids is 1. The first-order valence-electron chi connectivity index (χ1n) is 12.6. The van der Waals surface area contributed by atoms with Gasteiger partial charge in [-0.05, 0) is 41.8 Å². The number of allylic oxidation sites excluding steroid dienone is 1. The Hall–Kier alpha value is -3.44. The van der Waals surface area contributed by atoms with Crippen molar-refractivity contribution >= 4 is 28.1 Å². The van der Waals surface area contributed by atoms with Crippen LogP contribution in [0.5, 0.6) is 0 Å². The van der Waals surface area contributed by atoms with Crippen LogP contribution in [0.2, 0.25) is 0 Å². The molecule has 176 valence electrons. The van der Waals surface area contributed by atoms with Crippen LogP contribution in [-0.2, 0) is 27.9 Å². The Morgan fingerprint density at radius 2 is 1.97 bits per heavy atom. The summed E-state index contributed by atoms with van der Waals surface area (Å²) in [4.78, 5) is 13.7. The zero-order valence-corrected chi connectivity index (χ0v) is 20.1. The van der Waals surface area contributed by atoms with Crippen LogP contribution < -0.4 is 14.6 Å². The number of nitrogens with zero attached hydrogens (tertiary/aromatic N) is 2. The molecular weight excluding hydrogens is 436 g/mol. The van der Waals surface area contributed by atoms with E-state index < -0.39 is 5.97 Å². The maximum atomic E-state index is 11.2. The number of carbonyl (C=O) groups excluding carboxylic acids is 1. The van der Waals surface area contributed by atoms with Crippen molar-refractivity contribution in [3.05, 3.63) is 88.8 Å². The van der Waals surface area contributed by atoms with Crippen LogP contribution in [0.4, 0.5) is 5.69 Å². The van der Waals surface area contributed by atoms with Crippen molar-refractivity contribution < 1.29 is 19.2 Å². The summed E-state index contributed by atoms with van der Waals surface area (Å²) in [6, 6.07) is 19.1. The van der Waals surface area contributed by atoms with Crippen LogP contribution >= 0.6 is 0 Å². The molecule has 2 aromatic carbocycles. The van der Waals surface area contributed by atoms with Crippen LogP contribution in [0.15, 0.2) is 71.9 Å². The number of benzene rings is 2. The zero-order chi connectivity index (χ0) is 23.9. The molecule has 4 aliphatic heterocycles. The largest absolute Gasteiger partial charge is 0.550 e. The van der Waals surface area contributed by atoms with Gasteiger partial charge in [-0.2, -0.15) is 4.57 Å². The summed E-state index contributed by atoms with van der Waals surface area (Å²) in [5.41, 5.74) is 9.26. The van der Waals surface area contributed by atoms with E-state index in [1.807, 2.05) is 6.07 Å². The lowest BCUT2D eigenvalue weighted by atomic mass is 9.78. The topological polar surface area (TPSA) is 56.5 Å². The molecule has 0 N–H and O–H groups in total. The third kappa shape index (κ3) is 2.97. The molecule has 0 bridgehead atoms. The van der Waals surface area contributed by atoms with Crippen molar-refractivity contribution in [3.8, 4) is 0 Å². The molecule has 4 aliphatic rings. The normalized spacial score (nSPS) is 23.7. The minimum atomic E-state index is -1.04. The van der Waals surface area contributed by atoms with Gasteiger partial charge in [-0.25, -0.2) is 0 Å². The fourth-order valence-corrected chi connectivity index (χ4v) is 6.78. The molecule has 0 spiro atoms. The maximum absolute atomic E-state index is 11.2. The Balaban J connectivity index is 1.40. The van der Waals surface area contributed by atoms with Crippen LogP contribution in [0.3, 0.4) is 0 Å². The van der Waals surface area contributed by atoms with E-state index in [4.69, 9.17) is 4.74 Å². The first-order chi connectivity index (χ1) is 16.9. The number of carbonyl (C=O) groups is 1. The van der Waals surface area contributed by atoms with Gasteiger partial charge in [0, 0.05) is 65.2 Å². The average Bonchev–Trinajstić information content (AvgIpc) is 3.08. The van der Waals surface area contributed by atoms with Gasteiger partial charge in [-0.3, -0.25) is 0 Å². The second-order valence-electron chi connectivity index (χ2n) is 10.7. The van der Waals surface area contributed by atoms with E-state index in [-0.39, 0.29) is 24.0 Å². The predicted molar refractivity (Wildman–Crippen MR) is 133 cm³/mol. The number of fused-ring (bicyclic) bond motifs is 9. The third-order valence-electron chi connectivity index (χ3n) is 8.31. The lowest BCUT2D eigenvalue weighted by Crippen LogP contribution is -2.49. The lowest BCUT2D eigenvalue weighted by molar-refractivity contribution is -0.678. The number of ether oxygens (including phenoxy) is 1. The standard InChI is InChI=1S/C30H28N2O3/c1-30(2)22-15-18(16-28(33)34)7-9-25(22)32-14-12-27-21(29(30)32)17-20-24-10-8-19-5-3-4-6-23(19)31(24)13-11-26(20)35-27/h3-10,15,17,26-27H,11-14,16H2,1-2H3. The summed E-state index contributed by atoms with van der Waals surface area (Å²) < 4.78 is 9.23. The summed E-state index contributed by atoms with van der Waals surface area (Å²) in [5, 5.41) is 12.5. The summed E-state index contributed by atoms with van der Waals surface area (Å²) in [6.07, 6.45) is 4.51. The molecule has 0 radical (unpaired) electrons. The van der Waals surface area contributed by atoms with Gasteiger partial charge in [-0.1, -0.05) is 38.1 Å². The van der Waals surface area contributed by atoms with E-state index in [0.717, 1.165) is 31.5 Å². The number of pyridine rings is 1. The Labute approximate surface area is 205 Å². The van der Waals surface area contributed by atoms with Gasteiger partial charge in [-0.15, -0.1) is 0 Å². The molecule has 1 aromatic heterocycles. The highest BCUT2D eigenvalue weighted by molar-refractivity contribution is 5.81. The molecule has 0 aliphatic carbocycles. The highest BCUT2D eigenvalue weighted by Gasteiger charge is 2.48. The van der Waals surface area contributed by atoms with Crippen molar-refractivity contribution in [1.82, 2.24) is 0 Å². The second-order valence-corrected chi connectivity index (χ2v) is 10.7. The summed E-state index contributed by atoms with van der Waals surface area (Å²) >= 11 is 0. The smallest absolute Gasteiger partial charge is 0.212 e. The van der Waals surface area contributed by atoms with E-state index in [0.29, 0.717) is 0 Å². The van der Waals surface area contributed by atoms with Crippen molar-refractivity contribution in [3.63, 3.8) is 0 Å². The SMILES string of the molecule is CC1(C)C2=C3C=C4c5ccc6ccccc6[n+]5CCC4OC3CCN2c2ccc(CC(=O)[O-])cc21. The number of carboxylic acid groups (broad SMARTS) is 1. The van der Waals surface area contributed by atoms with Crippen LogP contribution in [0.25, 0.3) is 16.5 Å². The molecule has 7 rings (SSSR count). The van der Waals surface area contributed by atoms with E-state index in [1.54, 1.807) is 0 Å². The highest BCUT2D eigenvalue weighted by atomic mass is 16.5. The van der Waals surface area contributed by atoms with E-state index in [2.05, 4.69) is 77.9 Å². The fourth-order valence-electron chi connectivity index (χ4n) is 6.78. The number of aromatic nitrogens is 1. The quantitative estimate of drug-likeness (QED) is 0.546. The molecule has 3 aromatic rings. The highest BCUT2D eigenvalue weighted by Crippen LogP contribution is 2.53. The fraction of sp³-hybridized carbons (Fsp3) is 0.333. The number of aryl methyl sites for hydroxylation is 1. The van der Waals surface area contributed by atoms with E-state index in [1.165, 1.54) is 44.7 Å². The summed E-state index contributed by atoms with van der Waals surface area (Å²) in [5.74, 6) is -1.04. The number of rotatable bonds is 2. The van der Waals surface area contributed by atoms with Gasteiger partial charge in [0.25, 0.3) is 0 Å². The van der Waals surface area contributed by atoms with Crippen LogP contribution in [0.1, 0.15) is 43.5 Å². The number of hydrogen-bond donors (Lipinski definition) is 0. The van der Waals surface area contributed by atoms with Gasteiger partial charge < -0.3 is 19.5 Å². The minimum absolute atomic E-state index is 0.0608. The Kier molecular flexibility index (Phi) is 4.35. The molecule has 5 heterocycles. The predicted octanol–water partition coefficient (Wildman–Crippen LogP) is 3.43. The Morgan fingerprint density at radius 1 is 1.11 bits per heavy atom. The number of hydrogen-bond acceptors (Lipinski definition) is 4. The van der Waals surface area contributed by atoms with Crippen molar-refractivity contribution in [1.29, 1.82) is 0 Å². The molecule has 5 heteroatoms. The zero-order valence-electron chi connectivity index (χ0n) is 20.1. The van der Waals surface area contributed by atoms with Crippen LogP contribution in [-0.4, -0.2) is 24.7 Å². The van der Waals surface area contributed by atoms with Crippen molar-refractivity contribution in [2.45, 2.75) is 57.3 Å². The van der Waals surface area contributed by atoms with Crippen molar-refractivity contribution in [2.24, 2.45) is 0 Å². The summed E-state index contributed by atoms with van der Waals surface area (Å²) in [7, 11) is 0. The molecule has 5 nitrogen and oxygen atoms in total. The van der Waals surface area contributed by atoms with E-state index in [9.17, 15) is 9.90 Å². The monoisotopic (exact) mass is 464 g/mol. The van der Waals surface area contributed by atoms with Gasteiger partial charge in [0.2, 0.25) is 11.2 Å². The molecule has 0 saturated carbocycles. The number of para-hydroxylation sites is 1. The Morgan fingerprint density at radius 3 is 2.83 bits per heavy atom. The first-order valence-corrected chi connectivity index (χ1v) is 12.6. The molecule has 35 heavy (non-hydrogen) atoms. The van der Waals surface area contributed by atoms with Crippen molar-refractivity contribution in [2.75, 3.05) is 11.4 Å². The third-order valence-corrected chi connectivity index (χ3v) is 8.31. The van der Waals surface area contributed by atoms with Gasteiger partial charge in [0.05, 0.1) is 17.8 Å². The second kappa shape index (κ2) is 7.28. The van der Waals surface area contributed by atoms with Gasteiger partial charge in [0.15, 0.2) is 6.54 Å². The molecule has 0 fully saturated rings. The molecule has 0 amide bonds. The lowest BCUT2D eigenvalue weighted by Gasteiger charge is -2.42. The first kappa shape index (κ1) is 20.9. The average molecular weight is 465 g/mol. The van der Waals surface area contributed by atoms with Gasteiger partial charge >= 0.3 is 0 Å². The van der Waals surface area contributed by atoms with Gasteiger partial charge in [0.1, 0.15) is 0 Å².